The van der Waals surface area contributed by atoms with Crippen molar-refractivity contribution < 1.29 is 0 Å². The molecule has 94 valence electrons. The molecule has 16 heavy (non-hydrogen) atoms. The fraction of sp³-hybridized carbons (Fsp3) is 1.00. The third-order valence-corrected chi connectivity index (χ3v) is 4.39. The van der Waals surface area contributed by atoms with Crippen molar-refractivity contribution in [2.45, 2.75) is 44.2 Å². The van der Waals surface area contributed by atoms with Crippen LogP contribution in [0.25, 0.3) is 0 Å². The van der Waals surface area contributed by atoms with Gasteiger partial charge in [0, 0.05) is 12.1 Å². The van der Waals surface area contributed by atoms with Gasteiger partial charge in [0.25, 0.3) is 0 Å². The zero-order chi connectivity index (χ0) is 11.4. The second-order valence-corrected chi connectivity index (χ2v) is 5.51. The number of likely N-dealkylation sites (N-methyl/N-ethyl adjacent to an activating group) is 1. The summed E-state index contributed by atoms with van der Waals surface area (Å²) in [7, 11) is 4.38. The van der Waals surface area contributed by atoms with Crippen molar-refractivity contribution in [2.24, 2.45) is 5.92 Å². The average Bonchev–Trinajstić information content (AvgIpc) is 2.34. The summed E-state index contributed by atoms with van der Waals surface area (Å²) in [6.07, 6.45) is 6.85. The van der Waals surface area contributed by atoms with Crippen LogP contribution in [0, 0.1) is 5.92 Å². The van der Waals surface area contributed by atoms with E-state index in [4.69, 9.17) is 0 Å². The lowest BCUT2D eigenvalue weighted by atomic mass is 9.83. The fourth-order valence-corrected chi connectivity index (χ4v) is 3.34. The van der Waals surface area contributed by atoms with Crippen molar-refractivity contribution in [2.75, 3.05) is 33.7 Å². The lowest BCUT2D eigenvalue weighted by Crippen LogP contribution is -2.54. The first-order valence-corrected chi connectivity index (χ1v) is 6.90. The maximum absolute atomic E-state index is 3.70. The molecule has 2 atom stereocenters. The fourth-order valence-electron chi connectivity index (χ4n) is 3.34. The molecule has 2 aliphatic heterocycles. The van der Waals surface area contributed by atoms with Crippen LogP contribution in [0.5, 0.6) is 0 Å². The molecule has 2 fully saturated rings. The Balaban J connectivity index is 1.88. The van der Waals surface area contributed by atoms with E-state index in [1.54, 1.807) is 0 Å². The first-order valence-electron chi connectivity index (χ1n) is 6.90. The van der Waals surface area contributed by atoms with Gasteiger partial charge in [-0.05, 0) is 65.3 Å². The Kier molecular flexibility index (Phi) is 4.62. The Morgan fingerprint density at radius 2 is 1.94 bits per heavy atom. The standard InChI is InChI=1S/C13H27N3/c1-14-13(12-5-3-4-8-15-12)11-6-9-16(2)10-7-11/h11-15H,3-10H2,1-2H3. The summed E-state index contributed by atoms with van der Waals surface area (Å²) < 4.78 is 0. The van der Waals surface area contributed by atoms with E-state index in [1.807, 2.05) is 0 Å². The molecule has 2 rings (SSSR count). The Hall–Kier alpha value is -0.120. The van der Waals surface area contributed by atoms with Crippen molar-refractivity contribution in [1.29, 1.82) is 0 Å². The predicted octanol–water partition coefficient (Wildman–Crippen LogP) is 1.06. The van der Waals surface area contributed by atoms with Gasteiger partial charge >= 0.3 is 0 Å². The summed E-state index contributed by atoms with van der Waals surface area (Å²) in [5.41, 5.74) is 0. The van der Waals surface area contributed by atoms with Crippen LogP contribution in [0.4, 0.5) is 0 Å². The van der Waals surface area contributed by atoms with Gasteiger partial charge in [-0.3, -0.25) is 0 Å². The molecule has 0 amide bonds. The van der Waals surface area contributed by atoms with Crippen molar-refractivity contribution in [3.63, 3.8) is 0 Å². The topological polar surface area (TPSA) is 27.3 Å². The molecule has 3 heteroatoms. The minimum Gasteiger partial charge on any atom is -0.315 e. The van der Waals surface area contributed by atoms with E-state index in [9.17, 15) is 0 Å². The van der Waals surface area contributed by atoms with Crippen molar-refractivity contribution in [3.05, 3.63) is 0 Å². The Labute approximate surface area is 100.0 Å². The van der Waals surface area contributed by atoms with Gasteiger partial charge in [-0.2, -0.15) is 0 Å². The molecule has 0 aromatic rings. The highest BCUT2D eigenvalue weighted by Crippen LogP contribution is 2.24. The number of nitrogens with one attached hydrogen (secondary N) is 2. The smallest absolute Gasteiger partial charge is 0.0247 e. The van der Waals surface area contributed by atoms with Crippen molar-refractivity contribution in [1.82, 2.24) is 15.5 Å². The van der Waals surface area contributed by atoms with Crippen LogP contribution in [0.15, 0.2) is 0 Å². The Morgan fingerprint density at radius 3 is 2.50 bits per heavy atom. The predicted molar refractivity (Wildman–Crippen MR) is 68.7 cm³/mol. The molecule has 2 N–H and O–H groups in total. The summed E-state index contributed by atoms with van der Waals surface area (Å²) in [6, 6.07) is 1.40. The quantitative estimate of drug-likeness (QED) is 0.752. The van der Waals surface area contributed by atoms with Crippen LogP contribution in [-0.2, 0) is 0 Å². The second kappa shape index (κ2) is 5.99. The van der Waals surface area contributed by atoms with Crippen molar-refractivity contribution >= 4 is 0 Å². The molecule has 2 heterocycles. The third kappa shape index (κ3) is 2.96. The number of hydrogen-bond acceptors (Lipinski definition) is 3. The zero-order valence-electron chi connectivity index (χ0n) is 10.8. The van der Waals surface area contributed by atoms with E-state index >= 15 is 0 Å². The highest BCUT2D eigenvalue weighted by Gasteiger charge is 2.30. The maximum Gasteiger partial charge on any atom is 0.0247 e. The summed E-state index contributed by atoms with van der Waals surface area (Å²) in [5, 5.41) is 7.28. The number of hydrogen-bond donors (Lipinski definition) is 2. The molecule has 3 nitrogen and oxygen atoms in total. The Morgan fingerprint density at radius 1 is 1.19 bits per heavy atom. The molecule has 2 saturated heterocycles. The van der Waals surface area contributed by atoms with Crippen LogP contribution in [0.1, 0.15) is 32.1 Å². The number of likely N-dealkylation sites (tertiary alicyclic amines) is 1. The van der Waals surface area contributed by atoms with E-state index < -0.39 is 0 Å². The lowest BCUT2D eigenvalue weighted by molar-refractivity contribution is 0.158. The summed E-state index contributed by atoms with van der Waals surface area (Å²) in [4.78, 5) is 2.46. The van der Waals surface area contributed by atoms with Crippen LogP contribution in [0.2, 0.25) is 0 Å². The van der Waals surface area contributed by atoms with E-state index in [2.05, 4.69) is 29.6 Å². The van der Waals surface area contributed by atoms with Crippen molar-refractivity contribution in [3.8, 4) is 0 Å². The first-order chi connectivity index (χ1) is 7.81. The van der Waals surface area contributed by atoms with Gasteiger partial charge in [-0.1, -0.05) is 6.42 Å². The van der Waals surface area contributed by atoms with Gasteiger partial charge in [0.2, 0.25) is 0 Å². The van der Waals surface area contributed by atoms with Gasteiger partial charge in [-0.25, -0.2) is 0 Å². The largest absolute Gasteiger partial charge is 0.315 e. The van der Waals surface area contributed by atoms with Crippen LogP contribution in [-0.4, -0.2) is 50.7 Å². The molecular weight excluding hydrogens is 198 g/mol. The molecule has 0 aromatic heterocycles. The van der Waals surface area contributed by atoms with Crippen LogP contribution in [0.3, 0.4) is 0 Å². The third-order valence-electron chi connectivity index (χ3n) is 4.39. The number of rotatable bonds is 3. The monoisotopic (exact) mass is 225 g/mol. The molecule has 0 radical (unpaired) electrons. The second-order valence-electron chi connectivity index (χ2n) is 5.51. The molecule has 2 aliphatic rings. The minimum atomic E-state index is 0.689. The first kappa shape index (κ1) is 12.3. The van der Waals surface area contributed by atoms with Gasteiger partial charge in [0.15, 0.2) is 0 Å². The summed E-state index contributed by atoms with van der Waals surface area (Å²) >= 11 is 0. The number of piperidine rings is 2. The zero-order valence-corrected chi connectivity index (χ0v) is 10.8. The lowest BCUT2D eigenvalue weighted by Gasteiger charge is -2.40. The van der Waals surface area contributed by atoms with E-state index in [0.717, 1.165) is 5.92 Å². The normalized spacial score (nSPS) is 31.5. The van der Waals surface area contributed by atoms with Crippen LogP contribution < -0.4 is 10.6 Å². The van der Waals surface area contributed by atoms with Gasteiger partial charge in [-0.15, -0.1) is 0 Å². The number of nitrogens with zero attached hydrogens (tertiary/aromatic N) is 1. The SMILES string of the molecule is CNC(C1CCN(C)CC1)C1CCCCN1. The van der Waals surface area contributed by atoms with Gasteiger partial charge < -0.3 is 15.5 Å². The highest BCUT2D eigenvalue weighted by molar-refractivity contribution is 4.90. The molecular formula is C13H27N3. The average molecular weight is 225 g/mol. The minimum absolute atomic E-state index is 0.689. The molecule has 0 aliphatic carbocycles. The molecule has 0 bridgehead atoms. The Bertz CT molecular complexity index is 193. The van der Waals surface area contributed by atoms with E-state index in [0.29, 0.717) is 12.1 Å². The van der Waals surface area contributed by atoms with Gasteiger partial charge in [0.1, 0.15) is 0 Å². The van der Waals surface area contributed by atoms with E-state index in [-0.39, 0.29) is 0 Å². The molecule has 0 aromatic carbocycles. The molecule has 0 spiro atoms. The highest BCUT2D eigenvalue weighted by atomic mass is 15.1. The van der Waals surface area contributed by atoms with E-state index in [1.165, 1.54) is 51.7 Å². The maximum atomic E-state index is 3.70. The summed E-state index contributed by atoms with van der Waals surface area (Å²) in [5.74, 6) is 0.872. The van der Waals surface area contributed by atoms with Crippen LogP contribution >= 0.6 is 0 Å². The van der Waals surface area contributed by atoms with Gasteiger partial charge in [0.05, 0.1) is 0 Å². The molecule has 0 saturated carbocycles. The summed E-state index contributed by atoms with van der Waals surface area (Å²) in [6.45, 7) is 3.76. The molecule has 2 unspecified atom stereocenters.